The second-order valence-electron chi connectivity index (χ2n) is 7.06. The highest BCUT2D eigenvalue weighted by Gasteiger charge is 2.21. The number of benzene rings is 1. The number of ether oxygens (including phenoxy) is 1. The number of amides is 1. The zero-order chi connectivity index (χ0) is 16.6. The van der Waals surface area contributed by atoms with Gasteiger partial charge in [-0.15, -0.1) is 0 Å². The molecule has 24 heavy (non-hydrogen) atoms. The number of carbonyl (C=O) groups excluding carboxylic acids is 1. The van der Waals surface area contributed by atoms with E-state index in [9.17, 15) is 4.79 Å². The van der Waals surface area contributed by atoms with E-state index in [0.717, 1.165) is 19.4 Å². The van der Waals surface area contributed by atoms with Crippen molar-refractivity contribution in [1.82, 2.24) is 10.2 Å². The first kappa shape index (κ1) is 17.4. The van der Waals surface area contributed by atoms with Gasteiger partial charge in [0.15, 0.2) is 0 Å². The summed E-state index contributed by atoms with van der Waals surface area (Å²) in [6, 6.07) is 8.54. The van der Waals surface area contributed by atoms with E-state index in [-0.39, 0.29) is 11.8 Å². The number of carbonyl (C=O) groups is 1. The third kappa shape index (κ3) is 5.05. The van der Waals surface area contributed by atoms with Gasteiger partial charge in [0.25, 0.3) is 0 Å². The number of nitrogens with zero attached hydrogens (tertiary/aromatic N) is 1. The molecule has 2 heterocycles. The van der Waals surface area contributed by atoms with Gasteiger partial charge in [-0.25, -0.2) is 0 Å². The molecule has 2 fully saturated rings. The first-order valence-corrected chi connectivity index (χ1v) is 9.47. The molecular weight excluding hydrogens is 300 g/mol. The molecule has 0 atom stereocenters. The Hall–Kier alpha value is -1.39. The maximum Gasteiger partial charge on any atom is 0.223 e. The molecule has 4 heteroatoms. The van der Waals surface area contributed by atoms with Crippen molar-refractivity contribution < 1.29 is 9.53 Å². The summed E-state index contributed by atoms with van der Waals surface area (Å²) in [7, 11) is 0. The summed E-state index contributed by atoms with van der Waals surface area (Å²) in [4.78, 5) is 14.9. The summed E-state index contributed by atoms with van der Waals surface area (Å²) in [5.74, 6) is 0.305. The van der Waals surface area contributed by atoms with Gasteiger partial charge in [-0.05, 0) is 49.9 Å². The Labute approximate surface area is 145 Å². The molecule has 1 amide bonds. The van der Waals surface area contributed by atoms with Gasteiger partial charge in [-0.3, -0.25) is 9.69 Å². The fraction of sp³-hybridized carbons (Fsp3) is 0.650. The zero-order valence-corrected chi connectivity index (χ0v) is 14.6. The normalized spacial score (nSPS) is 20.5. The van der Waals surface area contributed by atoms with Crippen LogP contribution in [-0.2, 0) is 22.6 Å². The summed E-state index contributed by atoms with van der Waals surface area (Å²) < 4.78 is 5.34. The van der Waals surface area contributed by atoms with E-state index < -0.39 is 0 Å². The van der Waals surface area contributed by atoms with E-state index in [2.05, 4.69) is 34.5 Å². The number of likely N-dealkylation sites (tertiary alicyclic amines) is 1. The molecule has 4 nitrogen and oxygen atoms in total. The minimum atomic E-state index is 0.122. The predicted octanol–water partition coefficient (Wildman–Crippen LogP) is 3.11. The topological polar surface area (TPSA) is 41.6 Å². The van der Waals surface area contributed by atoms with Gasteiger partial charge in [0, 0.05) is 32.2 Å². The summed E-state index contributed by atoms with van der Waals surface area (Å²) >= 11 is 0. The van der Waals surface area contributed by atoms with Crippen molar-refractivity contribution in [3.05, 3.63) is 35.4 Å². The third-order valence-corrected chi connectivity index (χ3v) is 5.26. The SMILES string of the molecule is O=C(NCc1ccccc1CN1CCCCCC1)C1CCOCC1. The van der Waals surface area contributed by atoms with E-state index in [1.54, 1.807) is 0 Å². The van der Waals surface area contributed by atoms with Crippen LogP contribution in [0.4, 0.5) is 0 Å². The van der Waals surface area contributed by atoms with Gasteiger partial charge < -0.3 is 10.1 Å². The highest BCUT2D eigenvalue weighted by Crippen LogP contribution is 2.18. The average Bonchev–Trinajstić information content (AvgIpc) is 2.90. The van der Waals surface area contributed by atoms with Crippen LogP contribution in [0.5, 0.6) is 0 Å². The molecular formula is C20H30N2O2. The Morgan fingerprint density at radius 1 is 1.04 bits per heavy atom. The van der Waals surface area contributed by atoms with Crippen molar-refractivity contribution in [2.75, 3.05) is 26.3 Å². The molecule has 2 aliphatic heterocycles. The van der Waals surface area contributed by atoms with Crippen LogP contribution in [0.3, 0.4) is 0 Å². The van der Waals surface area contributed by atoms with Crippen LogP contribution in [0.25, 0.3) is 0 Å². The van der Waals surface area contributed by atoms with Crippen LogP contribution in [0.2, 0.25) is 0 Å². The zero-order valence-electron chi connectivity index (χ0n) is 14.6. The number of hydrogen-bond donors (Lipinski definition) is 1. The van der Waals surface area contributed by atoms with Gasteiger partial charge in [0.05, 0.1) is 0 Å². The standard InChI is InChI=1S/C20H30N2O2/c23-20(17-9-13-24-14-10-17)21-15-18-7-3-4-8-19(18)16-22-11-5-1-2-6-12-22/h3-4,7-8,17H,1-2,5-6,9-16H2,(H,21,23). The molecule has 3 rings (SSSR count). The largest absolute Gasteiger partial charge is 0.381 e. The Kier molecular flexibility index (Phi) is 6.67. The molecule has 1 N–H and O–H groups in total. The summed E-state index contributed by atoms with van der Waals surface area (Å²) in [5, 5.41) is 3.15. The molecule has 0 saturated carbocycles. The van der Waals surface area contributed by atoms with Gasteiger partial charge in [-0.1, -0.05) is 37.1 Å². The highest BCUT2D eigenvalue weighted by atomic mass is 16.5. The van der Waals surface area contributed by atoms with Crippen molar-refractivity contribution in [1.29, 1.82) is 0 Å². The van der Waals surface area contributed by atoms with Crippen LogP contribution in [-0.4, -0.2) is 37.1 Å². The smallest absolute Gasteiger partial charge is 0.223 e. The minimum Gasteiger partial charge on any atom is -0.381 e. The lowest BCUT2D eigenvalue weighted by molar-refractivity contribution is -0.128. The van der Waals surface area contributed by atoms with Crippen LogP contribution in [0, 0.1) is 5.92 Å². The Bertz CT molecular complexity index is 518. The van der Waals surface area contributed by atoms with Crippen molar-refractivity contribution in [2.24, 2.45) is 5.92 Å². The van der Waals surface area contributed by atoms with E-state index >= 15 is 0 Å². The number of hydrogen-bond acceptors (Lipinski definition) is 3. The van der Waals surface area contributed by atoms with Crippen LogP contribution < -0.4 is 5.32 Å². The van der Waals surface area contributed by atoms with E-state index in [0.29, 0.717) is 19.8 Å². The van der Waals surface area contributed by atoms with Gasteiger partial charge >= 0.3 is 0 Å². The Balaban J connectivity index is 1.56. The molecule has 1 aromatic rings. The molecule has 132 valence electrons. The van der Waals surface area contributed by atoms with Crippen LogP contribution in [0.1, 0.15) is 49.7 Å². The van der Waals surface area contributed by atoms with Crippen molar-refractivity contribution in [3.8, 4) is 0 Å². The molecule has 1 aromatic carbocycles. The minimum absolute atomic E-state index is 0.122. The molecule has 0 radical (unpaired) electrons. The predicted molar refractivity (Wildman–Crippen MR) is 95.6 cm³/mol. The molecule has 2 aliphatic rings. The quantitative estimate of drug-likeness (QED) is 0.902. The summed E-state index contributed by atoms with van der Waals surface area (Å²) in [5.41, 5.74) is 2.61. The van der Waals surface area contributed by atoms with Gasteiger partial charge in [-0.2, -0.15) is 0 Å². The van der Waals surface area contributed by atoms with Crippen LogP contribution >= 0.6 is 0 Å². The fourth-order valence-corrected chi connectivity index (χ4v) is 3.71. The second-order valence-corrected chi connectivity index (χ2v) is 7.06. The third-order valence-electron chi connectivity index (χ3n) is 5.26. The molecule has 0 aliphatic carbocycles. The molecule has 0 aromatic heterocycles. The Morgan fingerprint density at radius 3 is 2.42 bits per heavy atom. The van der Waals surface area contributed by atoms with E-state index in [4.69, 9.17) is 4.74 Å². The van der Waals surface area contributed by atoms with Gasteiger partial charge in [0.2, 0.25) is 5.91 Å². The van der Waals surface area contributed by atoms with Crippen molar-refractivity contribution >= 4 is 5.91 Å². The number of nitrogens with one attached hydrogen (secondary N) is 1. The maximum absolute atomic E-state index is 12.3. The molecule has 0 bridgehead atoms. The lowest BCUT2D eigenvalue weighted by Crippen LogP contribution is -2.34. The van der Waals surface area contributed by atoms with Crippen LogP contribution in [0.15, 0.2) is 24.3 Å². The van der Waals surface area contributed by atoms with E-state index in [1.165, 1.54) is 49.9 Å². The highest BCUT2D eigenvalue weighted by molar-refractivity contribution is 5.78. The lowest BCUT2D eigenvalue weighted by atomic mass is 9.99. The lowest BCUT2D eigenvalue weighted by Gasteiger charge is -2.23. The molecule has 0 unspecified atom stereocenters. The van der Waals surface area contributed by atoms with Crippen molar-refractivity contribution in [3.63, 3.8) is 0 Å². The monoisotopic (exact) mass is 330 g/mol. The molecule has 0 spiro atoms. The average molecular weight is 330 g/mol. The summed E-state index contributed by atoms with van der Waals surface area (Å²) in [6.45, 7) is 5.46. The summed E-state index contributed by atoms with van der Waals surface area (Å²) in [6.07, 6.45) is 7.03. The fourth-order valence-electron chi connectivity index (χ4n) is 3.71. The maximum atomic E-state index is 12.3. The molecule has 2 saturated heterocycles. The first-order chi connectivity index (χ1) is 11.8. The number of rotatable bonds is 5. The Morgan fingerprint density at radius 2 is 1.71 bits per heavy atom. The van der Waals surface area contributed by atoms with E-state index in [1.807, 2.05) is 0 Å². The van der Waals surface area contributed by atoms with Gasteiger partial charge in [0.1, 0.15) is 0 Å². The first-order valence-electron chi connectivity index (χ1n) is 9.47. The second kappa shape index (κ2) is 9.19. The van der Waals surface area contributed by atoms with Crippen molar-refractivity contribution in [2.45, 2.75) is 51.6 Å².